The maximum Gasteiger partial charge on any atom is 0.266 e. The molecule has 2 atom stereocenters. The van der Waals surface area contributed by atoms with Crippen LogP contribution in [-0.4, -0.2) is 45.2 Å². The smallest absolute Gasteiger partial charge is 0.266 e. The first-order chi connectivity index (χ1) is 12.1. The molecule has 134 valence electrons. The van der Waals surface area contributed by atoms with Gasteiger partial charge in [0.15, 0.2) is 5.82 Å². The molecule has 2 aromatic heterocycles. The maximum absolute atomic E-state index is 13.2. The van der Waals surface area contributed by atoms with Crippen LogP contribution in [0.15, 0.2) is 10.0 Å². The SMILES string of the molecule is CC(C)c1ncsc1C(=O)N1CCO[C@H](C)[C@H]1c1nc(C2CC2)no1. The zero-order chi connectivity index (χ0) is 17.6. The van der Waals surface area contributed by atoms with Crippen molar-refractivity contribution < 1.29 is 14.1 Å². The summed E-state index contributed by atoms with van der Waals surface area (Å²) < 4.78 is 11.3. The highest BCUT2D eigenvalue weighted by atomic mass is 32.1. The van der Waals surface area contributed by atoms with Crippen LogP contribution in [0.25, 0.3) is 0 Å². The van der Waals surface area contributed by atoms with E-state index in [9.17, 15) is 4.79 Å². The third-order valence-corrected chi connectivity index (χ3v) is 5.57. The van der Waals surface area contributed by atoms with Crippen molar-refractivity contribution in [1.82, 2.24) is 20.0 Å². The summed E-state index contributed by atoms with van der Waals surface area (Å²) in [6.45, 7) is 7.05. The molecule has 1 aliphatic carbocycles. The van der Waals surface area contributed by atoms with E-state index in [1.54, 1.807) is 10.4 Å². The topological polar surface area (TPSA) is 81.4 Å². The average Bonchev–Trinajstić information content (AvgIpc) is 3.12. The second-order valence-electron chi connectivity index (χ2n) is 7.01. The van der Waals surface area contributed by atoms with Crippen molar-refractivity contribution in [1.29, 1.82) is 0 Å². The lowest BCUT2D eigenvalue weighted by Gasteiger charge is -2.37. The van der Waals surface area contributed by atoms with Crippen LogP contribution < -0.4 is 0 Å². The van der Waals surface area contributed by atoms with Crippen molar-refractivity contribution in [3.8, 4) is 0 Å². The first-order valence-corrected chi connectivity index (χ1v) is 9.63. The third-order valence-electron chi connectivity index (χ3n) is 4.74. The van der Waals surface area contributed by atoms with Gasteiger partial charge in [0.2, 0.25) is 0 Å². The van der Waals surface area contributed by atoms with Gasteiger partial charge in [-0.15, -0.1) is 11.3 Å². The normalized spacial score (nSPS) is 24.1. The van der Waals surface area contributed by atoms with E-state index in [0.29, 0.717) is 29.8 Å². The molecule has 25 heavy (non-hydrogen) atoms. The van der Waals surface area contributed by atoms with Gasteiger partial charge in [-0.1, -0.05) is 19.0 Å². The fraction of sp³-hybridized carbons (Fsp3) is 0.647. The molecule has 1 saturated heterocycles. The van der Waals surface area contributed by atoms with Gasteiger partial charge in [0, 0.05) is 12.5 Å². The summed E-state index contributed by atoms with van der Waals surface area (Å²) >= 11 is 1.39. The zero-order valence-corrected chi connectivity index (χ0v) is 15.5. The summed E-state index contributed by atoms with van der Waals surface area (Å²) in [5, 5.41) is 4.10. The van der Waals surface area contributed by atoms with Gasteiger partial charge < -0.3 is 14.2 Å². The Balaban J connectivity index is 1.65. The van der Waals surface area contributed by atoms with E-state index in [1.165, 1.54) is 11.3 Å². The number of hydrogen-bond donors (Lipinski definition) is 0. The lowest BCUT2D eigenvalue weighted by Crippen LogP contribution is -2.47. The van der Waals surface area contributed by atoms with Crippen LogP contribution in [-0.2, 0) is 4.74 Å². The largest absolute Gasteiger partial charge is 0.374 e. The highest BCUT2D eigenvalue weighted by Gasteiger charge is 2.40. The highest BCUT2D eigenvalue weighted by molar-refractivity contribution is 7.11. The van der Waals surface area contributed by atoms with Crippen LogP contribution in [0.5, 0.6) is 0 Å². The highest BCUT2D eigenvalue weighted by Crippen LogP contribution is 2.39. The van der Waals surface area contributed by atoms with E-state index in [1.807, 2.05) is 20.8 Å². The van der Waals surface area contributed by atoms with Crippen LogP contribution in [0.4, 0.5) is 0 Å². The molecular weight excluding hydrogens is 340 g/mol. The molecule has 0 bridgehead atoms. The third kappa shape index (κ3) is 3.08. The van der Waals surface area contributed by atoms with Gasteiger partial charge in [0.1, 0.15) is 10.9 Å². The van der Waals surface area contributed by atoms with Crippen LogP contribution in [0.2, 0.25) is 0 Å². The molecule has 0 N–H and O–H groups in total. The first kappa shape index (κ1) is 16.7. The second-order valence-corrected chi connectivity index (χ2v) is 7.86. The van der Waals surface area contributed by atoms with Crippen LogP contribution in [0.3, 0.4) is 0 Å². The molecule has 1 saturated carbocycles. The Bertz CT molecular complexity index is 768. The molecule has 0 spiro atoms. The summed E-state index contributed by atoms with van der Waals surface area (Å²) in [6, 6.07) is -0.358. The molecule has 8 heteroatoms. The second kappa shape index (κ2) is 6.49. The number of amides is 1. The fourth-order valence-corrected chi connectivity index (χ4v) is 4.11. The van der Waals surface area contributed by atoms with E-state index in [-0.39, 0.29) is 24.0 Å². The zero-order valence-electron chi connectivity index (χ0n) is 14.6. The van der Waals surface area contributed by atoms with Crippen LogP contribution >= 0.6 is 11.3 Å². The molecule has 0 unspecified atom stereocenters. The molecule has 0 radical (unpaired) electrons. The van der Waals surface area contributed by atoms with Crippen molar-refractivity contribution in [2.45, 2.75) is 57.6 Å². The maximum atomic E-state index is 13.2. The molecule has 2 aliphatic rings. The minimum Gasteiger partial charge on any atom is -0.374 e. The number of thiazole rings is 1. The lowest BCUT2D eigenvalue weighted by molar-refractivity contribution is -0.0599. The number of aromatic nitrogens is 3. The van der Waals surface area contributed by atoms with Crippen molar-refractivity contribution in [3.05, 3.63) is 27.8 Å². The molecule has 3 heterocycles. The molecule has 0 aromatic carbocycles. The van der Waals surface area contributed by atoms with Crippen molar-refractivity contribution in [2.75, 3.05) is 13.2 Å². The number of morpholine rings is 1. The number of carbonyl (C=O) groups is 1. The number of hydrogen-bond acceptors (Lipinski definition) is 7. The van der Waals surface area contributed by atoms with Gasteiger partial charge in [-0.05, 0) is 25.7 Å². The molecular formula is C17H22N4O3S. The Kier molecular flexibility index (Phi) is 4.33. The number of rotatable bonds is 4. The average molecular weight is 362 g/mol. The number of ether oxygens (including phenoxy) is 1. The van der Waals surface area contributed by atoms with Crippen LogP contribution in [0.1, 0.15) is 78.6 Å². The molecule has 4 rings (SSSR count). The predicted octanol–water partition coefficient (Wildman–Crippen LogP) is 3.13. The molecule has 1 aliphatic heterocycles. The van der Waals surface area contributed by atoms with Crippen LogP contribution in [0, 0.1) is 0 Å². The van der Waals surface area contributed by atoms with Gasteiger partial charge in [-0.2, -0.15) is 4.98 Å². The van der Waals surface area contributed by atoms with Gasteiger partial charge in [-0.25, -0.2) is 4.98 Å². The standard InChI is InChI=1S/C17H22N4O3S/c1-9(2)12-14(25-8-18-12)17(22)21-6-7-23-10(3)13(21)16-19-15(20-24-16)11-4-5-11/h8-11,13H,4-7H2,1-3H3/t10-,13+/m1/s1. The molecule has 2 aromatic rings. The Morgan fingerprint density at radius 3 is 2.92 bits per heavy atom. The number of carbonyl (C=O) groups excluding carboxylic acids is 1. The number of nitrogens with zero attached hydrogens (tertiary/aromatic N) is 4. The van der Waals surface area contributed by atoms with E-state index >= 15 is 0 Å². The Labute approximate surface area is 150 Å². The van der Waals surface area contributed by atoms with Gasteiger partial charge in [0.05, 0.1) is 23.9 Å². The Hall–Kier alpha value is -1.80. The van der Waals surface area contributed by atoms with Gasteiger partial charge in [0.25, 0.3) is 11.8 Å². The lowest BCUT2D eigenvalue weighted by atomic mass is 10.1. The van der Waals surface area contributed by atoms with Crippen molar-refractivity contribution in [2.24, 2.45) is 0 Å². The monoisotopic (exact) mass is 362 g/mol. The Morgan fingerprint density at radius 1 is 1.40 bits per heavy atom. The van der Waals surface area contributed by atoms with Crippen molar-refractivity contribution >= 4 is 17.2 Å². The summed E-state index contributed by atoms with van der Waals surface area (Å²) in [4.78, 5) is 24.6. The molecule has 2 fully saturated rings. The van der Waals surface area contributed by atoms with Gasteiger partial charge in [-0.3, -0.25) is 4.79 Å². The minimum absolute atomic E-state index is 0.0301. The summed E-state index contributed by atoms with van der Waals surface area (Å²) in [7, 11) is 0. The first-order valence-electron chi connectivity index (χ1n) is 8.75. The molecule has 7 nitrogen and oxygen atoms in total. The van der Waals surface area contributed by atoms with E-state index in [4.69, 9.17) is 9.26 Å². The predicted molar refractivity (Wildman–Crippen MR) is 91.7 cm³/mol. The quantitative estimate of drug-likeness (QED) is 0.831. The summed E-state index contributed by atoms with van der Waals surface area (Å²) in [6.07, 6.45) is 2.02. The Morgan fingerprint density at radius 2 is 2.20 bits per heavy atom. The van der Waals surface area contributed by atoms with Crippen molar-refractivity contribution in [3.63, 3.8) is 0 Å². The summed E-state index contributed by atoms with van der Waals surface area (Å²) in [5.74, 6) is 1.80. The van der Waals surface area contributed by atoms with E-state index in [2.05, 4.69) is 15.1 Å². The molecule has 1 amide bonds. The summed E-state index contributed by atoms with van der Waals surface area (Å²) in [5.41, 5.74) is 2.58. The van der Waals surface area contributed by atoms with Gasteiger partial charge >= 0.3 is 0 Å². The fourth-order valence-electron chi connectivity index (χ4n) is 3.21. The minimum atomic E-state index is -0.358. The van der Waals surface area contributed by atoms with E-state index in [0.717, 1.165) is 24.4 Å². The van der Waals surface area contributed by atoms with E-state index < -0.39 is 0 Å².